The van der Waals surface area contributed by atoms with Crippen LogP contribution >= 0.6 is 0 Å². The summed E-state index contributed by atoms with van der Waals surface area (Å²) in [5.41, 5.74) is 0.550. The third-order valence-corrected chi connectivity index (χ3v) is 3.48. The first-order valence-corrected chi connectivity index (χ1v) is 6.36. The molecule has 1 aromatic heterocycles. The molecule has 0 radical (unpaired) electrons. The van der Waals surface area contributed by atoms with Gasteiger partial charge in [-0.1, -0.05) is 23.4 Å². The second kappa shape index (κ2) is 4.59. The van der Waals surface area contributed by atoms with E-state index >= 15 is 0 Å². The summed E-state index contributed by atoms with van der Waals surface area (Å²) in [7, 11) is 0. The first kappa shape index (κ1) is 12.0. The van der Waals surface area contributed by atoms with Crippen LogP contribution in [0.1, 0.15) is 30.3 Å². The zero-order chi connectivity index (χ0) is 13.3. The topological polar surface area (TPSA) is 57.0 Å². The molecular formula is C14H15N3O2. The summed E-state index contributed by atoms with van der Waals surface area (Å²) in [6.45, 7) is 2.47. The van der Waals surface area contributed by atoms with E-state index in [0.29, 0.717) is 12.3 Å². The van der Waals surface area contributed by atoms with E-state index in [1.807, 2.05) is 37.3 Å². The molecule has 1 saturated heterocycles. The fourth-order valence-corrected chi connectivity index (χ4v) is 2.38. The van der Waals surface area contributed by atoms with Crippen molar-refractivity contribution in [3.63, 3.8) is 0 Å². The number of carbonyl (C=O) groups is 1. The SMILES string of the molecule is CC1(C(=O)c2cnnn2-c2ccccc2)CCCO1. The predicted octanol–water partition coefficient (Wildman–Crippen LogP) is 2.02. The molecule has 3 rings (SSSR count). The van der Waals surface area contributed by atoms with Crippen molar-refractivity contribution in [2.75, 3.05) is 6.61 Å². The van der Waals surface area contributed by atoms with Crippen molar-refractivity contribution in [2.24, 2.45) is 0 Å². The van der Waals surface area contributed by atoms with Gasteiger partial charge >= 0.3 is 0 Å². The van der Waals surface area contributed by atoms with Crippen molar-refractivity contribution in [3.05, 3.63) is 42.2 Å². The second-order valence-corrected chi connectivity index (χ2v) is 4.88. The van der Waals surface area contributed by atoms with E-state index < -0.39 is 5.60 Å². The number of hydrogen-bond donors (Lipinski definition) is 0. The van der Waals surface area contributed by atoms with Gasteiger partial charge in [0.25, 0.3) is 0 Å². The van der Waals surface area contributed by atoms with Crippen LogP contribution in [0.3, 0.4) is 0 Å². The van der Waals surface area contributed by atoms with E-state index in [0.717, 1.165) is 18.5 Å². The lowest BCUT2D eigenvalue weighted by atomic mass is 9.95. The van der Waals surface area contributed by atoms with E-state index in [9.17, 15) is 4.79 Å². The van der Waals surface area contributed by atoms with Crippen molar-refractivity contribution in [3.8, 4) is 5.69 Å². The third-order valence-electron chi connectivity index (χ3n) is 3.48. The van der Waals surface area contributed by atoms with E-state index in [1.54, 1.807) is 4.68 Å². The van der Waals surface area contributed by atoms with Crippen LogP contribution in [0, 0.1) is 0 Å². The Bertz CT molecular complexity index is 586. The molecule has 0 aliphatic carbocycles. The van der Waals surface area contributed by atoms with Crippen LogP contribution in [0.15, 0.2) is 36.5 Å². The van der Waals surface area contributed by atoms with E-state index in [1.165, 1.54) is 6.20 Å². The number of aromatic nitrogens is 3. The van der Waals surface area contributed by atoms with E-state index in [4.69, 9.17) is 4.74 Å². The largest absolute Gasteiger partial charge is 0.367 e. The number of rotatable bonds is 3. The summed E-state index contributed by atoms with van der Waals surface area (Å²) >= 11 is 0. The predicted molar refractivity (Wildman–Crippen MR) is 69.3 cm³/mol. The lowest BCUT2D eigenvalue weighted by Crippen LogP contribution is -2.35. The number of hydrogen-bond acceptors (Lipinski definition) is 4. The molecule has 1 atom stereocenters. The Balaban J connectivity index is 1.99. The Morgan fingerprint density at radius 1 is 1.37 bits per heavy atom. The highest BCUT2D eigenvalue weighted by Gasteiger charge is 2.40. The van der Waals surface area contributed by atoms with Crippen LogP contribution in [0.25, 0.3) is 5.69 Å². The van der Waals surface area contributed by atoms with Crippen molar-refractivity contribution in [1.29, 1.82) is 0 Å². The van der Waals surface area contributed by atoms with Crippen molar-refractivity contribution < 1.29 is 9.53 Å². The van der Waals surface area contributed by atoms with Gasteiger partial charge in [-0.25, -0.2) is 4.68 Å². The highest BCUT2D eigenvalue weighted by molar-refractivity contribution is 6.01. The second-order valence-electron chi connectivity index (χ2n) is 4.88. The average Bonchev–Trinajstić information content (AvgIpc) is 3.08. The van der Waals surface area contributed by atoms with Gasteiger partial charge in [0.1, 0.15) is 11.3 Å². The Hall–Kier alpha value is -2.01. The summed E-state index contributed by atoms with van der Waals surface area (Å²) in [6.07, 6.45) is 3.16. The molecule has 0 spiro atoms. The zero-order valence-electron chi connectivity index (χ0n) is 10.7. The van der Waals surface area contributed by atoms with Gasteiger partial charge in [-0.3, -0.25) is 4.79 Å². The molecule has 1 aromatic carbocycles. The van der Waals surface area contributed by atoms with Gasteiger partial charge in [0.2, 0.25) is 5.78 Å². The number of ketones is 1. The smallest absolute Gasteiger partial charge is 0.214 e. The quantitative estimate of drug-likeness (QED) is 0.789. The molecule has 0 amide bonds. The molecule has 5 nitrogen and oxygen atoms in total. The summed E-state index contributed by atoms with van der Waals surface area (Å²) in [4.78, 5) is 12.6. The zero-order valence-corrected chi connectivity index (χ0v) is 10.7. The molecule has 0 bridgehead atoms. The molecule has 19 heavy (non-hydrogen) atoms. The van der Waals surface area contributed by atoms with Crippen LogP contribution < -0.4 is 0 Å². The molecule has 0 N–H and O–H groups in total. The number of ether oxygens (including phenoxy) is 1. The molecule has 1 unspecified atom stereocenters. The maximum Gasteiger partial charge on any atom is 0.214 e. The standard InChI is InChI=1S/C14H15N3O2/c1-14(8-5-9-19-14)13(18)12-10-15-16-17(12)11-6-3-2-4-7-11/h2-4,6-7,10H,5,8-9H2,1H3. The lowest BCUT2D eigenvalue weighted by molar-refractivity contribution is 0.0206. The van der Waals surface area contributed by atoms with Crippen molar-refractivity contribution in [2.45, 2.75) is 25.4 Å². The number of para-hydroxylation sites is 1. The molecule has 2 heterocycles. The van der Waals surface area contributed by atoms with Crippen LogP contribution in [-0.4, -0.2) is 33.0 Å². The van der Waals surface area contributed by atoms with Crippen LogP contribution in [0.5, 0.6) is 0 Å². The number of benzene rings is 1. The fraction of sp³-hybridized carbons (Fsp3) is 0.357. The molecule has 1 aliphatic rings. The minimum Gasteiger partial charge on any atom is -0.367 e. The third kappa shape index (κ3) is 2.06. The summed E-state index contributed by atoms with van der Waals surface area (Å²) in [6, 6.07) is 9.51. The molecule has 98 valence electrons. The van der Waals surface area contributed by atoms with Crippen LogP contribution in [0.4, 0.5) is 0 Å². The maximum absolute atomic E-state index is 12.6. The summed E-state index contributed by atoms with van der Waals surface area (Å²) < 4.78 is 7.16. The Morgan fingerprint density at radius 2 is 2.16 bits per heavy atom. The number of nitrogens with zero attached hydrogens (tertiary/aromatic N) is 3. The molecule has 2 aromatic rings. The maximum atomic E-state index is 12.6. The summed E-state index contributed by atoms with van der Waals surface area (Å²) in [5, 5.41) is 7.86. The van der Waals surface area contributed by atoms with Crippen molar-refractivity contribution in [1.82, 2.24) is 15.0 Å². The molecule has 1 fully saturated rings. The van der Waals surface area contributed by atoms with Gasteiger partial charge in [0.05, 0.1) is 11.9 Å². The molecular weight excluding hydrogens is 242 g/mol. The normalized spacial score (nSPS) is 22.6. The average molecular weight is 257 g/mol. The van der Waals surface area contributed by atoms with Crippen LogP contribution in [-0.2, 0) is 4.74 Å². The molecule has 1 aliphatic heterocycles. The number of carbonyl (C=O) groups excluding carboxylic acids is 1. The van der Waals surface area contributed by atoms with Gasteiger partial charge in [-0.15, -0.1) is 5.10 Å². The fourth-order valence-electron chi connectivity index (χ4n) is 2.38. The molecule has 5 heteroatoms. The Kier molecular flexibility index (Phi) is 2.91. The van der Waals surface area contributed by atoms with Gasteiger partial charge in [0, 0.05) is 6.61 Å². The Morgan fingerprint density at radius 3 is 2.84 bits per heavy atom. The highest BCUT2D eigenvalue weighted by atomic mass is 16.5. The van der Waals surface area contributed by atoms with Crippen LogP contribution in [0.2, 0.25) is 0 Å². The lowest BCUT2D eigenvalue weighted by Gasteiger charge is -2.21. The van der Waals surface area contributed by atoms with Crippen molar-refractivity contribution >= 4 is 5.78 Å². The van der Waals surface area contributed by atoms with Gasteiger partial charge in [-0.2, -0.15) is 0 Å². The highest BCUT2D eigenvalue weighted by Crippen LogP contribution is 2.29. The first-order valence-electron chi connectivity index (χ1n) is 6.36. The minimum atomic E-state index is -0.742. The monoisotopic (exact) mass is 257 g/mol. The number of Topliss-reactive ketones (excluding diaryl/α,β-unsaturated/α-hetero) is 1. The van der Waals surface area contributed by atoms with Gasteiger partial charge in [0.15, 0.2) is 0 Å². The van der Waals surface area contributed by atoms with Gasteiger partial charge in [-0.05, 0) is 31.9 Å². The first-order chi connectivity index (χ1) is 9.21. The van der Waals surface area contributed by atoms with E-state index in [2.05, 4.69) is 10.3 Å². The summed E-state index contributed by atoms with van der Waals surface area (Å²) in [5.74, 6) is -0.0566. The van der Waals surface area contributed by atoms with E-state index in [-0.39, 0.29) is 5.78 Å². The van der Waals surface area contributed by atoms with Gasteiger partial charge < -0.3 is 4.74 Å². The minimum absolute atomic E-state index is 0.0566. The molecule has 0 saturated carbocycles. The Labute approximate surface area is 111 Å².